The largest absolute Gasteiger partial charge is 0.349 e. The van der Waals surface area contributed by atoms with Gasteiger partial charge in [0.1, 0.15) is 5.82 Å². The molecule has 0 aliphatic heterocycles. The molecule has 4 nitrogen and oxygen atoms in total. The Bertz CT molecular complexity index is 316. The molecular formula is C9H13ClFN3O. The van der Waals surface area contributed by atoms with Crippen LogP contribution in [0.1, 0.15) is 12.6 Å². The minimum Gasteiger partial charge on any atom is -0.349 e. The molecule has 0 bridgehead atoms. The highest BCUT2D eigenvalue weighted by molar-refractivity contribution is 5.85. The number of rotatable bonds is 3. The topological polar surface area (TPSA) is 68.0 Å². The van der Waals surface area contributed by atoms with Crippen molar-refractivity contribution in [3.63, 3.8) is 0 Å². The third-order valence-corrected chi connectivity index (χ3v) is 1.65. The number of aromatic nitrogens is 1. The highest BCUT2D eigenvalue weighted by Crippen LogP contribution is 1.97. The van der Waals surface area contributed by atoms with Crippen LogP contribution in [0.15, 0.2) is 18.3 Å². The van der Waals surface area contributed by atoms with Gasteiger partial charge in [-0.2, -0.15) is 0 Å². The van der Waals surface area contributed by atoms with Gasteiger partial charge in [0.2, 0.25) is 5.91 Å². The molecule has 0 aromatic carbocycles. The van der Waals surface area contributed by atoms with Gasteiger partial charge in [0.15, 0.2) is 0 Å². The van der Waals surface area contributed by atoms with Gasteiger partial charge in [-0.15, -0.1) is 12.4 Å². The van der Waals surface area contributed by atoms with E-state index in [2.05, 4.69) is 10.3 Å². The van der Waals surface area contributed by atoms with E-state index in [0.29, 0.717) is 5.69 Å². The third-order valence-electron chi connectivity index (χ3n) is 1.65. The van der Waals surface area contributed by atoms with E-state index in [-0.39, 0.29) is 24.9 Å². The van der Waals surface area contributed by atoms with Gasteiger partial charge in [0.05, 0.1) is 24.5 Å². The number of nitrogens with one attached hydrogen (secondary N) is 1. The second kappa shape index (κ2) is 6.31. The van der Waals surface area contributed by atoms with Crippen molar-refractivity contribution in [2.45, 2.75) is 19.5 Å². The van der Waals surface area contributed by atoms with E-state index in [1.807, 2.05) is 0 Å². The van der Waals surface area contributed by atoms with Crippen LogP contribution in [0.3, 0.4) is 0 Å². The SMILES string of the molecule is C[C@@H](N)C(=O)NCc1ccc(F)cn1.Cl. The average molecular weight is 234 g/mol. The number of halogens is 2. The molecule has 1 amide bonds. The molecule has 0 saturated heterocycles. The summed E-state index contributed by atoms with van der Waals surface area (Å²) >= 11 is 0. The molecule has 84 valence electrons. The summed E-state index contributed by atoms with van der Waals surface area (Å²) in [5, 5.41) is 2.57. The predicted octanol–water partition coefficient (Wildman–Crippen LogP) is 0.606. The van der Waals surface area contributed by atoms with Gasteiger partial charge in [-0.05, 0) is 19.1 Å². The van der Waals surface area contributed by atoms with Gasteiger partial charge >= 0.3 is 0 Å². The second-order valence-electron chi connectivity index (χ2n) is 2.97. The van der Waals surface area contributed by atoms with E-state index in [0.717, 1.165) is 6.20 Å². The van der Waals surface area contributed by atoms with Gasteiger partial charge in [-0.1, -0.05) is 0 Å². The maximum atomic E-state index is 12.4. The van der Waals surface area contributed by atoms with Gasteiger partial charge in [-0.25, -0.2) is 4.39 Å². The van der Waals surface area contributed by atoms with E-state index < -0.39 is 11.9 Å². The molecule has 0 saturated carbocycles. The Balaban J connectivity index is 0.00000196. The Morgan fingerprint density at radius 3 is 2.80 bits per heavy atom. The number of hydrogen-bond donors (Lipinski definition) is 2. The first-order chi connectivity index (χ1) is 6.59. The molecular weight excluding hydrogens is 221 g/mol. The van der Waals surface area contributed by atoms with Gasteiger partial charge in [-0.3, -0.25) is 9.78 Å². The summed E-state index contributed by atoms with van der Waals surface area (Å²) in [6, 6.07) is 2.26. The van der Waals surface area contributed by atoms with E-state index >= 15 is 0 Å². The Hall–Kier alpha value is -1.20. The fourth-order valence-corrected chi connectivity index (χ4v) is 0.850. The normalized spacial score (nSPS) is 11.4. The number of hydrogen-bond acceptors (Lipinski definition) is 3. The first-order valence-electron chi connectivity index (χ1n) is 4.23. The molecule has 0 aliphatic rings. The molecule has 0 spiro atoms. The summed E-state index contributed by atoms with van der Waals surface area (Å²) < 4.78 is 12.4. The van der Waals surface area contributed by atoms with Crippen LogP contribution < -0.4 is 11.1 Å². The Kier molecular flexibility index (Phi) is 5.81. The quantitative estimate of drug-likeness (QED) is 0.804. The lowest BCUT2D eigenvalue weighted by Crippen LogP contribution is -2.37. The lowest BCUT2D eigenvalue weighted by Gasteiger charge is -2.06. The first kappa shape index (κ1) is 13.8. The molecule has 1 heterocycles. The van der Waals surface area contributed by atoms with Gasteiger partial charge in [0, 0.05) is 0 Å². The second-order valence-corrected chi connectivity index (χ2v) is 2.97. The summed E-state index contributed by atoms with van der Waals surface area (Å²) in [6.45, 7) is 1.86. The lowest BCUT2D eigenvalue weighted by molar-refractivity contribution is -0.122. The smallest absolute Gasteiger partial charge is 0.236 e. The highest BCUT2D eigenvalue weighted by Gasteiger charge is 2.06. The zero-order valence-corrected chi connectivity index (χ0v) is 9.05. The van der Waals surface area contributed by atoms with E-state index in [1.165, 1.54) is 12.1 Å². The summed E-state index contributed by atoms with van der Waals surface area (Å²) in [5.41, 5.74) is 5.93. The molecule has 0 radical (unpaired) electrons. The Labute approximate surface area is 93.5 Å². The van der Waals surface area contributed by atoms with Crippen LogP contribution >= 0.6 is 12.4 Å². The van der Waals surface area contributed by atoms with Crippen LogP contribution in [0.2, 0.25) is 0 Å². The molecule has 1 aromatic rings. The minimum atomic E-state index is -0.546. The van der Waals surface area contributed by atoms with Crippen molar-refractivity contribution in [2.24, 2.45) is 5.73 Å². The van der Waals surface area contributed by atoms with Crippen LogP contribution in [0.4, 0.5) is 4.39 Å². The molecule has 1 rings (SSSR count). The van der Waals surface area contributed by atoms with Gasteiger partial charge < -0.3 is 11.1 Å². The molecule has 0 aliphatic carbocycles. The zero-order valence-electron chi connectivity index (χ0n) is 8.24. The van der Waals surface area contributed by atoms with E-state index in [9.17, 15) is 9.18 Å². The molecule has 15 heavy (non-hydrogen) atoms. The third kappa shape index (κ3) is 4.71. The average Bonchev–Trinajstić information content (AvgIpc) is 2.16. The fourth-order valence-electron chi connectivity index (χ4n) is 0.850. The van der Waals surface area contributed by atoms with Crippen molar-refractivity contribution >= 4 is 18.3 Å². The van der Waals surface area contributed by atoms with E-state index in [1.54, 1.807) is 6.92 Å². The van der Waals surface area contributed by atoms with Crippen molar-refractivity contribution in [3.05, 3.63) is 29.8 Å². The molecule has 0 fully saturated rings. The molecule has 6 heteroatoms. The lowest BCUT2D eigenvalue weighted by atomic mass is 10.3. The Morgan fingerprint density at radius 2 is 2.33 bits per heavy atom. The first-order valence-corrected chi connectivity index (χ1v) is 4.23. The summed E-state index contributed by atoms with van der Waals surface area (Å²) in [6.07, 6.45) is 1.10. The van der Waals surface area contributed by atoms with Crippen LogP contribution in [0, 0.1) is 5.82 Å². The zero-order chi connectivity index (χ0) is 10.6. The number of amides is 1. The van der Waals surface area contributed by atoms with Gasteiger partial charge in [0.25, 0.3) is 0 Å². The molecule has 0 unspecified atom stereocenters. The number of nitrogens with two attached hydrogens (primary N) is 1. The van der Waals surface area contributed by atoms with Crippen molar-refractivity contribution in [1.82, 2.24) is 10.3 Å². The summed E-state index contributed by atoms with van der Waals surface area (Å²) in [7, 11) is 0. The molecule has 1 aromatic heterocycles. The van der Waals surface area contributed by atoms with Crippen molar-refractivity contribution in [3.8, 4) is 0 Å². The Morgan fingerprint density at radius 1 is 1.67 bits per heavy atom. The highest BCUT2D eigenvalue weighted by atomic mass is 35.5. The molecule has 1 atom stereocenters. The molecule has 3 N–H and O–H groups in total. The minimum absolute atomic E-state index is 0. The van der Waals surface area contributed by atoms with Crippen molar-refractivity contribution < 1.29 is 9.18 Å². The standard InChI is InChI=1S/C9H12FN3O.ClH/c1-6(11)9(14)13-5-8-3-2-7(10)4-12-8;/h2-4,6H,5,11H2,1H3,(H,13,14);1H/t6-;/m1./s1. The predicted molar refractivity (Wildman–Crippen MR) is 56.9 cm³/mol. The number of carbonyl (C=O) groups excluding carboxylic acids is 1. The number of carbonyl (C=O) groups is 1. The van der Waals surface area contributed by atoms with Crippen LogP contribution in [0.25, 0.3) is 0 Å². The fraction of sp³-hybridized carbons (Fsp3) is 0.333. The van der Waals surface area contributed by atoms with E-state index in [4.69, 9.17) is 5.73 Å². The van der Waals surface area contributed by atoms with Crippen LogP contribution in [0.5, 0.6) is 0 Å². The summed E-state index contributed by atoms with van der Waals surface area (Å²) in [4.78, 5) is 14.8. The van der Waals surface area contributed by atoms with Crippen LogP contribution in [-0.4, -0.2) is 16.9 Å². The summed E-state index contributed by atoms with van der Waals surface area (Å²) in [5.74, 6) is -0.650. The van der Waals surface area contributed by atoms with Crippen LogP contribution in [-0.2, 0) is 11.3 Å². The van der Waals surface area contributed by atoms with Crippen molar-refractivity contribution in [1.29, 1.82) is 0 Å². The maximum absolute atomic E-state index is 12.4. The monoisotopic (exact) mass is 233 g/mol. The number of nitrogens with zero attached hydrogens (tertiary/aromatic N) is 1. The number of pyridine rings is 1. The maximum Gasteiger partial charge on any atom is 0.236 e. The van der Waals surface area contributed by atoms with Crippen molar-refractivity contribution in [2.75, 3.05) is 0 Å².